The zero-order chi connectivity index (χ0) is 17.0. The van der Waals surface area contributed by atoms with Gasteiger partial charge in [-0.25, -0.2) is 0 Å². The van der Waals surface area contributed by atoms with Crippen LogP contribution in [-0.4, -0.2) is 23.2 Å². The summed E-state index contributed by atoms with van der Waals surface area (Å²) in [7, 11) is 1.61. The Morgan fingerprint density at radius 1 is 1.30 bits per heavy atom. The molecule has 6 heteroatoms. The highest BCUT2D eigenvalue weighted by atomic mass is 16.5. The molecular formula is C17H23N3O3. The van der Waals surface area contributed by atoms with Crippen molar-refractivity contribution < 1.29 is 14.1 Å². The molecule has 1 atom stereocenters. The van der Waals surface area contributed by atoms with Crippen LogP contribution in [0.4, 0.5) is 0 Å². The van der Waals surface area contributed by atoms with Crippen LogP contribution in [-0.2, 0) is 4.79 Å². The Balaban J connectivity index is 2.04. The summed E-state index contributed by atoms with van der Waals surface area (Å²) in [6.07, 6.45) is 0.441. The maximum Gasteiger partial charge on any atom is 0.249 e. The lowest BCUT2D eigenvalue weighted by atomic mass is 9.92. The average Bonchev–Trinajstić information content (AvgIpc) is 2.95. The molecule has 0 saturated heterocycles. The molecule has 0 saturated carbocycles. The van der Waals surface area contributed by atoms with Crippen molar-refractivity contribution in [2.45, 2.75) is 40.2 Å². The topological polar surface area (TPSA) is 77.3 Å². The predicted molar refractivity (Wildman–Crippen MR) is 86.9 cm³/mol. The number of aromatic nitrogens is 2. The minimum Gasteiger partial charge on any atom is -0.497 e. The lowest BCUT2D eigenvalue weighted by Gasteiger charge is -2.18. The maximum atomic E-state index is 12.0. The van der Waals surface area contributed by atoms with E-state index in [-0.39, 0.29) is 17.4 Å². The summed E-state index contributed by atoms with van der Waals surface area (Å²) in [4.78, 5) is 16.3. The van der Waals surface area contributed by atoms with Gasteiger partial charge >= 0.3 is 0 Å². The van der Waals surface area contributed by atoms with Gasteiger partial charge in [-0.3, -0.25) is 4.79 Å². The summed E-state index contributed by atoms with van der Waals surface area (Å²) >= 11 is 0. The van der Waals surface area contributed by atoms with Crippen molar-refractivity contribution in [3.05, 3.63) is 30.2 Å². The highest BCUT2D eigenvalue weighted by Crippen LogP contribution is 2.22. The van der Waals surface area contributed by atoms with Crippen LogP contribution in [0.25, 0.3) is 11.4 Å². The Hall–Kier alpha value is -2.37. The van der Waals surface area contributed by atoms with Crippen molar-refractivity contribution in [2.24, 2.45) is 5.41 Å². The monoisotopic (exact) mass is 317 g/mol. The van der Waals surface area contributed by atoms with Gasteiger partial charge in [-0.2, -0.15) is 4.98 Å². The van der Waals surface area contributed by atoms with Crippen molar-refractivity contribution in [3.63, 3.8) is 0 Å². The molecule has 0 aliphatic carbocycles. The fraction of sp³-hybridized carbons (Fsp3) is 0.471. The molecule has 0 aliphatic rings. The molecule has 1 aromatic heterocycles. The number of amides is 1. The van der Waals surface area contributed by atoms with Crippen molar-refractivity contribution in [2.75, 3.05) is 7.11 Å². The van der Waals surface area contributed by atoms with Crippen LogP contribution in [0.5, 0.6) is 5.75 Å². The number of ether oxygens (including phenoxy) is 1. The summed E-state index contributed by atoms with van der Waals surface area (Å²) in [5.74, 6) is 1.60. The van der Waals surface area contributed by atoms with Gasteiger partial charge in [0.05, 0.1) is 7.11 Å². The lowest BCUT2D eigenvalue weighted by Crippen LogP contribution is -2.30. The minimum atomic E-state index is -0.329. The normalized spacial score (nSPS) is 12.7. The molecular weight excluding hydrogens is 294 g/mol. The van der Waals surface area contributed by atoms with Gasteiger partial charge in [0, 0.05) is 12.0 Å². The number of benzene rings is 1. The van der Waals surface area contributed by atoms with Crippen LogP contribution in [0.2, 0.25) is 0 Å². The fourth-order valence-corrected chi connectivity index (χ4v) is 2.10. The molecule has 0 unspecified atom stereocenters. The van der Waals surface area contributed by atoms with Gasteiger partial charge < -0.3 is 14.6 Å². The first kappa shape index (κ1) is 17.0. The second-order valence-corrected chi connectivity index (χ2v) is 6.71. The smallest absolute Gasteiger partial charge is 0.249 e. The van der Waals surface area contributed by atoms with Crippen LogP contribution >= 0.6 is 0 Å². The van der Waals surface area contributed by atoms with E-state index in [2.05, 4.69) is 15.5 Å². The van der Waals surface area contributed by atoms with E-state index in [0.29, 0.717) is 18.1 Å². The van der Waals surface area contributed by atoms with Crippen LogP contribution in [0.1, 0.15) is 46.0 Å². The molecule has 0 bridgehead atoms. The molecule has 6 nitrogen and oxygen atoms in total. The minimum absolute atomic E-state index is 0.0332. The molecule has 1 heterocycles. The van der Waals surface area contributed by atoms with Crippen LogP contribution < -0.4 is 10.1 Å². The molecule has 1 amide bonds. The van der Waals surface area contributed by atoms with Crippen LogP contribution in [0.3, 0.4) is 0 Å². The summed E-state index contributed by atoms with van der Waals surface area (Å²) in [5.41, 5.74) is 0.765. The summed E-state index contributed by atoms with van der Waals surface area (Å²) in [6, 6.07) is 7.05. The molecule has 0 fully saturated rings. The SMILES string of the molecule is COc1ccc(-c2noc([C@@H](C)NC(=O)CC(C)(C)C)n2)cc1. The molecule has 0 radical (unpaired) electrons. The largest absolute Gasteiger partial charge is 0.497 e. The Bertz CT molecular complexity index is 656. The predicted octanol–water partition coefficient (Wildman–Crippen LogP) is 3.36. The van der Waals surface area contributed by atoms with Gasteiger partial charge in [-0.1, -0.05) is 25.9 Å². The first-order chi connectivity index (χ1) is 10.8. The van der Waals surface area contributed by atoms with Gasteiger partial charge in [0.1, 0.15) is 11.8 Å². The highest BCUT2D eigenvalue weighted by molar-refractivity contribution is 5.76. The lowest BCUT2D eigenvalue weighted by molar-refractivity contribution is -0.123. The van der Waals surface area contributed by atoms with E-state index in [1.807, 2.05) is 52.0 Å². The van der Waals surface area contributed by atoms with Crippen molar-refractivity contribution >= 4 is 5.91 Å². The van der Waals surface area contributed by atoms with E-state index < -0.39 is 0 Å². The first-order valence-electron chi connectivity index (χ1n) is 7.56. The van der Waals surface area contributed by atoms with E-state index in [1.54, 1.807) is 7.11 Å². The quantitative estimate of drug-likeness (QED) is 0.915. The van der Waals surface area contributed by atoms with E-state index in [9.17, 15) is 4.79 Å². The number of hydrogen-bond donors (Lipinski definition) is 1. The Kier molecular flexibility index (Phi) is 5.03. The average molecular weight is 317 g/mol. The number of carbonyl (C=O) groups is 1. The number of nitrogens with zero attached hydrogens (tertiary/aromatic N) is 2. The van der Waals surface area contributed by atoms with Gasteiger partial charge in [0.15, 0.2) is 0 Å². The summed E-state index contributed by atoms with van der Waals surface area (Å²) in [5, 5.41) is 6.85. The number of nitrogens with one attached hydrogen (secondary N) is 1. The van der Waals surface area contributed by atoms with Gasteiger partial charge in [-0.05, 0) is 36.6 Å². The fourth-order valence-electron chi connectivity index (χ4n) is 2.10. The zero-order valence-corrected chi connectivity index (χ0v) is 14.2. The highest BCUT2D eigenvalue weighted by Gasteiger charge is 2.21. The number of carbonyl (C=O) groups excluding carboxylic acids is 1. The molecule has 0 spiro atoms. The summed E-state index contributed by atoms with van der Waals surface area (Å²) < 4.78 is 10.4. The molecule has 1 aromatic carbocycles. The second kappa shape index (κ2) is 6.81. The molecule has 23 heavy (non-hydrogen) atoms. The zero-order valence-electron chi connectivity index (χ0n) is 14.2. The van der Waals surface area contributed by atoms with Gasteiger partial charge in [0.25, 0.3) is 0 Å². The number of hydrogen-bond acceptors (Lipinski definition) is 5. The molecule has 2 rings (SSSR count). The second-order valence-electron chi connectivity index (χ2n) is 6.71. The molecule has 0 aliphatic heterocycles. The summed E-state index contributed by atoms with van der Waals surface area (Å²) in [6.45, 7) is 7.88. The Labute approximate surface area is 136 Å². The number of methoxy groups -OCH3 is 1. The number of rotatable bonds is 5. The third kappa shape index (κ3) is 4.81. The maximum absolute atomic E-state index is 12.0. The standard InChI is InChI=1S/C17H23N3O3/c1-11(18-14(21)10-17(2,3)4)16-19-15(20-23-16)12-6-8-13(22-5)9-7-12/h6-9,11H,10H2,1-5H3,(H,18,21)/t11-/m1/s1. The van der Waals surface area contributed by atoms with Gasteiger partial charge in [0.2, 0.25) is 17.6 Å². The third-order valence-corrected chi connectivity index (χ3v) is 3.23. The Morgan fingerprint density at radius 3 is 2.52 bits per heavy atom. The molecule has 2 aromatic rings. The third-order valence-electron chi connectivity index (χ3n) is 3.23. The van der Waals surface area contributed by atoms with E-state index in [1.165, 1.54) is 0 Å². The van der Waals surface area contributed by atoms with Gasteiger partial charge in [-0.15, -0.1) is 0 Å². The molecule has 124 valence electrons. The Morgan fingerprint density at radius 2 is 1.96 bits per heavy atom. The van der Waals surface area contributed by atoms with Crippen LogP contribution in [0, 0.1) is 5.41 Å². The molecule has 1 N–H and O–H groups in total. The van der Waals surface area contributed by atoms with Crippen LogP contribution in [0.15, 0.2) is 28.8 Å². The first-order valence-corrected chi connectivity index (χ1v) is 7.56. The van der Waals surface area contributed by atoms with Crippen molar-refractivity contribution in [1.82, 2.24) is 15.5 Å². The van der Waals surface area contributed by atoms with E-state index in [4.69, 9.17) is 9.26 Å². The van der Waals surface area contributed by atoms with E-state index in [0.717, 1.165) is 11.3 Å². The van der Waals surface area contributed by atoms with E-state index >= 15 is 0 Å². The van der Waals surface area contributed by atoms with Crippen molar-refractivity contribution in [1.29, 1.82) is 0 Å². The van der Waals surface area contributed by atoms with Crippen molar-refractivity contribution in [3.8, 4) is 17.1 Å².